The average molecular weight is 276 g/mol. The molecule has 1 unspecified atom stereocenters. The van der Waals surface area contributed by atoms with E-state index in [9.17, 15) is 0 Å². The van der Waals surface area contributed by atoms with Crippen LogP contribution in [0.2, 0.25) is 0 Å². The van der Waals surface area contributed by atoms with Gasteiger partial charge in [0.15, 0.2) is 10.6 Å². The lowest BCUT2D eigenvalue weighted by molar-refractivity contribution is 0.0483. The number of ether oxygens (including phenoxy) is 1. The lowest BCUT2D eigenvalue weighted by atomic mass is 10.0. The Morgan fingerprint density at radius 2 is 2.26 bits per heavy atom. The largest absolute Gasteiger partial charge is 0.381 e. The van der Waals surface area contributed by atoms with E-state index in [1.54, 1.807) is 12.4 Å². The van der Waals surface area contributed by atoms with Gasteiger partial charge in [0.25, 0.3) is 0 Å². The molecule has 0 aliphatic carbocycles. The van der Waals surface area contributed by atoms with E-state index >= 15 is 0 Å². The van der Waals surface area contributed by atoms with Crippen molar-refractivity contribution in [3.8, 4) is 11.4 Å². The first kappa shape index (κ1) is 12.5. The molecule has 0 bridgehead atoms. The van der Waals surface area contributed by atoms with Gasteiger partial charge in [0.05, 0.1) is 6.61 Å². The zero-order chi connectivity index (χ0) is 13.1. The molecule has 19 heavy (non-hydrogen) atoms. The Morgan fingerprint density at radius 3 is 3.00 bits per heavy atom. The average Bonchev–Trinajstić information content (AvgIpc) is 2.82. The van der Waals surface area contributed by atoms with Crippen LogP contribution in [-0.2, 0) is 11.3 Å². The highest BCUT2D eigenvalue weighted by Gasteiger charge is 2.17. The molecule has 1 saturated heterocycles. The van der Waals surface area contributed by atoms with Gasteiger partial charge in [-0.3, -0.25) is 14.6 Å². The van der Waals surface area contributed by atoms with E-state index in [0.717, 1.165) is 37.6 Å². The maximum absolute atomic E-state index is 5.53. The summed E-state index contributed by atoms with van der Waals surface area (Å²) in [6, 6.07) is 3.89. The smallest absolute Gasteiger partial charge is 0.195 e. The highest BCUT2D eigenvalue weighted by Crippen LogP contribution is 2.21. The summed E-state index contributed by atoms with van der Waals surface area (Å²) in [4.78, 5) is 4.03. The third-order valence-corrected chi connectivity index (χ3v) is 3.70. The molecule has 6 heteroatoms. The molecule has 100 valence electrons. The van der Waals surface area contributed by atoms with Crippen molar-refractivity contribution in [2.45, 2.75) is 19.4 Å². The SMILES string of the molecule is S=c1[nH]nc(-c2ccncc2)n1CC1CCCOC1. The van der Waals surface area contributed by atoms with E-state index in [1.165, 1.54) is 6.42 Å². The molecule has 0 amide bonds. The minimum absolute atomic E-state index is 0.513. The van der Waals surface area contributed by atoms with Crippen LogP contribution in [0.25, 0.3) is 11.4 Å². The Bertz CT molecular complexity index is 586. The molecule has 1 aliphatic rings. The fourth-order valence-corrected chi connectivity index (χ4v) is 2.62. The van der Waals surface area contributed by atoms with Gasteiger partial charge in [0, 0.05) is 37.0 Å². The monoisotopic (exact) mass is 276 g/mol. The fourth-order valence-electron chi connectivity index (χ4n) is 2.42. The second-order valence-electron chi connectivity index (χ2n) is 4.78. The number of nitrogens with one attached hydrogen (secondary N) is 1. The highest BCUT2D eigenvalue weighted by molar-refractivity contribution is 7.71. The molecular weight excluding hydrogens is 260 g/mol. The highest BCUT2D eigenvalue weighted by atomic mass is 32.1. The van der Waals surface area contributed by atoms with Crippen LogP contribution in [0, 0.1) is 10.7 Å². The van der Waals surface area contributed by atoms with Crippen molar-refractivity contribution in [1.82, 2.24) is 19.7 Å². The molecule has 3 rings (SSSR count). The first-order valence-corrected chi connectivity index (χ1v) is 6.89. The maximum Gasteiger partial charge on any atom is 0.195 e. The summed E-state index contributed by atoms with van der Waals surface area (Å²) >= 11 is 5.33. The van der Waals surface area contributed by atoms with Gasteiger partial charge in [0.1, 0.15) is 0 Å². The van der Waals surface area contributed by atoms with Crippen LogP contribution in [0.3, 0.4) is 0 Å². The molecule has 0 aromatic carbocycles. The molecule has 5 nitrogen and oxygen atoms in total. The second kappa shape index (κ2) is 5.63. The standard InChI is InChI=1S/C13H16N4OS/c19-13-16-15-12(11-3-5-14-6-4-11)17(13)8-10-2-1-7-18-9-10/h3-6,10H,1-2,7-9H2,(H,16,19). The predicted molar refractivity (Wildman–Crippen MR) is 74.2 cm³/mol. The molecule has 0 saturated carbocycles. The van der Waals surface area contributed by atoms with Crippen LogP contribution in [0.4, 0.5) is 0 Å². The lowest BCUT2D eigenvalue weighted by Crippen LogP contribution is -2.22. The molecule has 1 N–H and O–H groups in total. The van der Waals surface area contributed by atoms with Crippen LogP contribution in [0.1, 0.15) is 12.8 Å². The third kappa shape index (κ3) is 2.74. The van der Waals surface area contributed by atoms with Gasteiger partial charge in [-0.1, -0.05) is 0 Å². The first-order chi connectivity index (χ1) is 9.34. The quantitative estimate of drug-likeness (QED) is 0.875. The van der Waals surface area contributed by atoms with Crippen molar-refractivity contribution >= 4 is 12.2 Å². The molecule has 2 aromatic rings. The van der Waals surface area contributed by atoms with E-state index in [0.29, 0.717) is 10.7 Å². The van der Waals surface area contributed by atoms with Gasteiger partial charge in [0.2, 0.25) is 0 Å². The Balaban J connectivity index is 1.88. The third-order valence-electron chi connectivity index (χ3n) is 3.39. The molecule has 1 atom stereocenters. The molecule has 3 heterocycles. The van der Waals surface area contributed by atoms with Gasteiger partial charge >= 0.3 is 0 Å². The van der Waals surface area contributed by atoms with E-state index in [4.69, 9.17) is 17.0 Å². The first-order valence-electron chi connectivity index (χ1n) is 6.48. The van der Waals surface area contributed by atoms with Crippen LogP contribution >= 0.6 is 12.2 Å². The Labute approximate surface area is 116 Å². The Kier molecular flexibility index (Phi) is 3.70. The molecule has 1 fully saturated rings. The summed E-state index contributed by atoms with van der Waals surface area (Å²) < 4.78 is 8.25. The van der Waals surface area contributed by atoms with Gasteiger partial charge in [-0.15, -0.1) is 0 Å². The fraction of sp³-hybridized carbons (Fsp3) is 0.462. The molecule has 0 radical (unpaired) electrons. The number of rotatable bonds is 3. The molecule has 0 spiro atoms. The zero-order valence-corrected chi connectivity index (χ0v) is 11.4. The summed E-state index contributed by atoms with van der Waals surface area (Å²) in [6.45, 7) is 2.54. The summed E-state index contributed by atoms with van der Waals surface area (Å²) in [7, 11) is 0. The van der Waals surface area contributed by atoms with Crippen LogP contribution in [-0.4, -0.2) is 33.0 Å². The predicted octanol–water partition coefficient (Wildman–Crippen LogP) is 2.43. The van der Waals surface area contributed by atoms with E-state index in [2.05, 4.69) is 19.7 Å². The second-order valence-corrected chi connectivity index (χ2v) is 5.17. The normalized spacial score (nSPS) is 19.5. The topological polar surface area (TPSA) is 55.7 Å². The Hall–Kier alpha value is -1.53. The molecular formula is C13H16N4OS. The number of hydrogen-bond acceptors (Lipinski definition) is 4. The number of H-pyrrole nitrogens is 1. The van der Waals surface area contributed by atoms with Crippen molar-refractivity contribution in [2.75, 3.05) is 13.2 Å². The van der Waals surface area contributed by atoms with Crippen LogP contribution < -0.4 is 0 Å². The number of aromatic nitrogens is 4. The van der Waals surface area contributed by atoms with Crippen molar-refractivity contribution in [3.63, 3.8) is 0 Å². The maximum atomic E-state index is 5.53. The number of pyridine rings is 1. The molecule has 2 aromatic heterocycles. The van der Waals surface area contributed by atoms with Crippen molar-refractivity contribution in [1.29, 1.82) is 0 Å². The summed E-state index contributed by atoms with van der Waals surface area (Å²) in [5, 5.41) is 7.21. The van der Waals surface area contributed by atoms with Crippen LogP contribution in [0.5, 0.6) is 0 Å². The summed E-state index contributed by atoms with van der Waals surface area (Å²) in [5.74, 6) is 1.39. The minimum atomic E-state index is 0.513. The zero-order valence-electron chi connectivity index (χ0n) is 10.6. The van der Waals surface area contributed by atoms with Crippen molar-refractivity contribution in [2.24, 2.45) is 5.92 Å². The number of hydrogen-bond donors (Lipinski definition) is 1. The van der Waals surface area contributed by atoms with Crippen molar-refractivity contribution < 1.29 is 4.74 Å². The van der Waals surface area contributed by atoms with E-state index < -0.39 is 0 Å². The minimum Gasteiger partial charge on any atom is -0.381 e. The number of aromatic amines is 1. The molecule has 1 aliphatic heterocycles. The van der Waals surface area contributed by atoms with Crippen molar-refractivity contribution in [3.05, 3.63) is 29.3 Å². The van der Waals surface area contributed by atoms with E-state index in [1.807, 2.05) is 12.1 Å². The van der Waals surface area contributed by atoms with Gasteiger partial charge in [-0.05, 0) is 37.2 Å². The summed E-state index contributed by atoms with van der Waals surface area (Å²) in [5.41, 5.74) is 1.03. The van der Waals surface area contributed by atoms with Gasteiger partial charge in [-0.2, -0.15) is 5.10 Å². The lowest BCUT2D eigenvalue weighted by Gasteiger charge is -2.22. The van der Waals surface area contributed by atoms with Gasteiger partial charge < -0.3 is 4.74 Å². The number of nitrogens with zero attached hydrogens (tertiary/aromatic N) is 3. The Morgan fingerprint density at radius 1 is 1.42 bits per heavy atom. The van der Waals surface area contributed by atoms with Crippen LogP contribution in [0.15, 0.2) is 24.5 Å². The van der Waals surface area contributed by atoms with Gasteiger partial charge in [-0.25, -0.2) is 0 Å². The van der Waals surface area contributed by atoms with E-state index in [-0.39, 0.29) is 0 Å². The summed E-state index contributed by atoms with van der Waals surface area (Å²) in [6.07, 6.45) is 5.84.